The second-order valence-corrected chi connectivity index (χ2v) is 8.80. The van der Waals surface area contributed by atoms with Gasteiger partial charge in [0, 0.05) is 17.4 Å². The molecule has 1 aromatic heterocycles. The summed E-state index contributed by atoms with van der Waals surface area (Å²) in [6.45, 7) is 0. The summed E-state index contributed by atoms with van der Waals surface area (Å²) in [5, 5.41) is 4.79. The number of nitrogens with zero attached hydrogens (tertiary/aromatic N) is 1. The number of benzene rings is 2. The predicted molar refractivity (Wildman–Crippen MR) is 106 cm³/mol. The molecule has 0 bridgehead atoms. The third-order valence-electron chi connectivity index (χ3n) is 3.91. The summed E-state index contributed by atoms with van der Waals surface area (Å²) >= 11 is 1.25. The third-order valence-corrected chi connectivity index (χ3v) is 6.40. The van der Waals surface area contributed by atoms with Gasteiger partial charge in [-0.15, -0.1) is 11.3 Å². The number of carbonyl (C=O) groups excluding carboxylic acids is 1. The quantitative estimate of drug-likeness (QED) is 0.588. The smallest absolute Gasteiger partial charge is 0.227 e. The van der Waals surface area contributed by atoms with E-state index >= 15 is 0 Å². The zero-order valence-electron chi connectivity index (χ0n) is 14.9. The van der Waals surface area contributed by atoms with Gasteiger partial charge in [0.15, 0.2) is 15.0 Å². The van der Waals surface area contributed by atoms with Crippen LogP contribution in [0.4, 0.5) is 9.52 Å². The Labute approximate surface area is 165 Å². The van der Waals surface area contributed by atoms with Crippen LogP contribution < -0.4 is 10.1 Å². The van der Waals surface area contributed by atoms with Crippen LogP contribution in [0.5, 0.6) is 5.75 Å². The Hall–Kier alpha value is -2.78. The van der Waals surface area contributed by atoms with E-state index in [9.17, 15) is 17.6 Å². The number of hydrogen-bond acceptors (Lipinski definition) is 6. The van der Waals surface area contributed by atoms with Crippen LogP contribution in [-0.2, 0) is 14.6 Å². The predicted octanol–water partition coefficient (Wildman–Crippen LogP) is 3.76. The van der Waals surface area contributed by atoms with Crippen molar-refractivity contribution < 1.29 is 22.3 Å². The summed E-state index contributed by atoms with van der Waals surface area (Å²) in [5.41, 5.74) is 1.57. The fraction of sp³-hybridized carbons (Fsp3) is 0.158. The average molecular weight is 420 g/mol. The molecule has 0 fully saturated rings. The maximum Gasteiger partial charge on any atom is 0.227 e. The van der Waals surface area contributed by atoms with Gasteiger partial charge in [-0.3, -0.25) is 4.79 Å². The van der Waals surface area contributed by atoms with Crippen molar-refractivity contribution in [3.05, 3.63) is 59.7 Å². The fourth-order valence-electron chi connectivity index (χ4n) is 2.39. The van der Waals surface area contributed by atoms with Crippen LogP contribution in [-0.4, -0.2) is 32.2 Å². The van der Waals surface area contributed by atoms with Gasteiger partial charge in [0.25, 0.3) is 0 Å². The summed E-state index contributed by atoms with van der Waals surface area (Å²) in [5.74, 6) is -0.620. The lowest BCUT2D eigenvalue weighted by Gasteiger charge is -2.05. The molecule has 0 aliphatic heterocycles. The highest BCUT2D eigenvalue weighted by molar-refractivity contribution is 7.91. The minimum Gasteiger partial charge on any atom is -0.497 e. The maximum absolute atomic E-state index is 12.9. The van der Waals surface area contributed by atoms with E-state index in [1.807, 2.05) is 24.3 Å². The molecule has 0 unspecified atom stereocenters. The van der Waals surface area contributed by atoms with Crippen LogP contribution in [0.25, 0.3) is 11.3 Å². The van der Waals surface area contributed by atoms with Crippen LogP contribution in [0.1, 0.15) is 6.42 Å². The molecular weight excluding hydrogens is 403 g/mol. The molecular formula is C19H17FN2O4S2. The zero-order chi connectivity index (χ0) is 20.1. The van der Waals surface area contributed by atoms with Gasteiger partial charge >= 0.3 is 0 Å². The Kier molecular flexibility index (Phi) is 6.05. The van der Waals surface area contributed by atoms with E-state index < -0.39 is 21.6 Å². The van der Waals surface area contributed by atoms with Crippen LogP contribution in [0, 0.1) is 5.82 Å². The van der Waals surface area contributed by atoms with Crippen molar-refractivity contribution in [2.75, 3.05) is 18.2 Å². The first kappa shape index (κ1) is 20.0. The largest absolute Gasteiger partial charge is 0.497 e. The highest BCUT2D eigenvalue weighted by Crippen LogP contribution is 2.26. The highest BCUT2D eigenvalue weighted by Gasteiger charge is 2.17. The van der Waals surface area contributed by atoms with E-state index in [1.165, 1.54) is 23.5 Å². The standard InChI is InChI=1S/C19H17FN2O4S2/c1-26-15-6-2-13(3-7-15)17-12-27-19(21-17)22-18(23)10-11-28(24,25)16-8-4-14(20)5-9-16/h2-9,12H,10-11H2,1H3,(H,21,22,23). The molecule has 0 aliphatic carbocycles. The van der Waals surface area contributed by atoms with Crippen molar-refractivity contribution in [2.45, 2.75) is 11.3 Å². The number of methoxy groups -OCH3 is 1. The zero-order valence-corrected chi connectivity index (χ0v) is 16.5. The van der Waals surface area contributed by atoms with Crippen molar-refractivity contribution in [2.24, 2.45) is 0 Å². The molecule has 146 valence electrons. The molecule has 1 N–H and O–H groups in total. The number of aromatic nitrogens is 1. The molecule has 1 amide bonds. The number of thiazole rings is 1. The first-order chi connectivity index (χ1) is 13.4. The minimum absolute atomic E-state index is 0.0160. The highest BCUT2D eigenvalue weighted by atomic mass is 32.2. The van der Waals surface area contributed by atoms with E-state index in [2.05, 4.69) is 10.3 Å². The van der Waals surface area contributed by atoms with E-state index in [0.717, 1.165) is 23.4 Å². The van der Waals surface area contributed by atoms with Crippen LogP contribution >= 0.6 is 11.3 Å². The molecule has 0 atom stereocenters. The fourth-order valence-corrected chi connectivity index (χ4v) is 4.37. The van der Waals surface area contributed by atoms with Gasteiger partial charge in [-0.25, -0.2) is 17.8 Å². The van der Waals surface area contributed by atoms with E-state index in [0.29, 0.717) is 10.8 Å². The molecule has 6 nitrogen and oxygen atoms in total. The molecule has 0 aliphatic rings. The second kappa shape index (κ2) is 8.49. The minimum atomic E-state index is -3.67. The molecule has 28 heavy (non-hydrogen) atoms. The Bertz CT molecular complexity index is 1060. The number of nitrogens with one attached hydrogen (secondary N) is 1. The van der Waals surface area contributed by atoms with Gasteiger partial charge in [0.2, 0.25) is 5.91 Å². The van der Waals surface area contributed by atoms with Crippen molar-refractivity contribution in [1.82, 2.24) is 4.98 Å². The first-order valence-corrected chi connectivity index (χ1v) is 10.8. The lowest BCUT2D eigenvalue weighted by molar-refractivity contribution is -0.115. The number of carbonyl (C=O) groups is 1. The van der Waals surface area contributed by atoms with Gasteiger partial charge in [-0.05, 0) is 48.5 Å². The average Bonchev–Trinajstić information content (AvgIpc) is 3.15. The summed E-state index contributed by atoms with van der Waals surface area (Å²) in [6, 6.07) is 11.9. The van der Waals surface area contributed by atoms with Crippen molar-refractivity contribution >= 4 is 32.2 Å². The molecule has 3 aromatic rings. The number of halogens is 1. The molecule has 3 rings (SSSR count). The first-order valence-electron chi connectivity index (χ1n) is 8.25. The Morgan fingerprint density at radius 2 is 1.82 bits per heavy atom. The van der Waals surface area contributed by atoms with Gasteiger partial charge in [-0.2, -0.15) is 0 Å². The Morgan fingerprint density at radius 3 is 2.46 bits per heavy atom. The van der Waals surface area contributed by atoms with Crippen LogP contribution in [0.3, 0.4) is 0 Å². The van der Waals surface area contributed by atoms with E-state index in [-0.39, 0.29) is 17.1 Å². The van der Waals surface area contributed by atoms with Gasteiger partial charge in [0.1, 0.15) is 11.6 Å². The lowest BCUT2D eigenvalue weighted by atomic mass is 10.2. The third kappa shape index (κ3) is 4.93. The number of ether oxygens (including phenoxy) is 1. The molecule has 0 saturated carbocycles. The normalized spacial score (nSPS) is 11.2. The molecule has 9 heteroatoms. The van der Waals surface area contributed by atoms with Crippen molar-refractivity contribution in [3.8, 4) is 17.0 Å². The topological polar surface area (TPSA) is 85.4 Å². The van der Waals surface area contributed by atoms with Crippen LogP contribution in [0.15, 0.2) is 58.8 Å². The van der Waals surface area contributed by atoms with Crippen molar-refractivity contribution in [3.63, 3.8) is 0 Å². The summed E-state index contributed by atoms with van der Waals surface area (Å²) in [4.78, 5) is 16.4. The summed E-state index contributed by atoms with van der Waals surface area (Å²) in [7, 11) is -2.08. The number of hydrogen-bond donors (Lipinski definition) is 1. The van der Waals surface area contributed by atoms with E-state index in [4.69, 9.17) is 4.74 Å². The van der Waals surface area contributed by atoms with Gasteiger partial charge in [0.05, 0.1) is 23.5 Å². The number of amides is 1. The monoisotopic (exact) mass is 420 g/mol. The van der Waals surface area contributed by atoms with Crippen molar-refractivity contribution in [1.29, 1.82) is 0 Å². The number of anilines is 1. The molecule has 1 heterocycles. The molecule has 0 radical (unpaired) electrons. The number of sulfone groups is 1. The Balaban J connectivity index is 1.59. The van der Waals surface area contributed by atoms with E-state index in [1.54, 1.807) is 12.5 Å². The molecule has 0 saturated heterocycles. The molecule has 0 spiro atoms. The van der Waals surface area contributed by atoms with Gasteiger partial charge < -0.3 is 10.1 Å². The number of rotatable bonds is 7. The SMILES string of the molecule is COc1ccc(-c2csc(NC(=O)CCS(=O)(=O)c3ccc(F)cc3)n2)cc1. The van der Waals surface area contributed by atoms with Crippen LogP contribution in [0.2, 0.25) is 0 Å². The Morgan fingerprint density at radius 1 is 1.14 bits per heavy atom. The maximum atomic E-state index is 12.9. The van der Waals surface area contributed by atoms with Gasteiger partial charge in [-0.1, -0.05) is 0 Å². The summed E-state index contributed by atoms with van der Waals surface area (Å²) in [6.07, 6.45) is -0.225. The lowest BCUT2D eigenvalue weighted by Crippen LogP contribution is -2.17. The molecule has 2 aromatic carbocycles. The second-order valence-electron chi connectivity index (χ2n) is 5.84. The summed E-state index contributed by atoms with van der Waals surface area (Å²) < 4.78 is 42.5.